The Morgan fingerprint density at radius 3 is 2.58 bits per heavy atom. The Morgan fingerprint density at radius 1 is 1.26 bits per heavy atom. The molecule has 19 heavy (non-hydrogen) atoms. The highest BCUT2D eigenvalue weighted by Gasteiger charge is 2.50. The number of fused-ring (bicyclic) bond motifs is 1. The Hall–Kier alpha value is -1.26. The second kappa shape index (κ2) is 4.39. The van der Waals surface area contributed by atoms with Crippen LogP contribution in [0.3, 0.4) is 0 Å². The van der Waals surface area contributed by atoms with Crippen LogP contribution >= 0.6 is 0 Å². The number of likely N-dealkylation sites (tertiary alicyclic amines) is 1. The lowest BCUT2D eigenvalue weighted by atomic mass is 9.79. The van der Waals surface area contributed by atoms with E-state index in [1.54, 1.807) is 4.90 Å². The lowest BCUT2D eigenvalue weighted by Crippen LogP contribution is -2.57. The largest absolute Gasteiger partial charge is 0.480 e. The molecule has 0 aromatic carbocycles. The maximum atomic E-state index is 12.4. The van der Waals surface area contributed by atoms with E-state index >= 15 is 0 Å². The zero-order valence-corrected chi connectivity index (χ0v) is 11.4. The molecule has 0 aromatic rings. The first kappa shape index (κ1) is 12.8. The number of carbonyl (C=O) groups is 2. The van der Waals surface area contributed by atoms with Gasteiger partial charge in [-0.2, -0.15) is 0 Å². The van der Waals surface area contributed by atoms with Crippen molar-refractivity contribution >= 4 is 12.0 Å². The Balaban J connectivity index is 1.72. The van der Waals surface area contributed by atoms with Gasteiger partial charge in [0.2, 0.25) is 0 Å². The van der Waals surface area contributed by atoms with Crippen LogP contribution in [0.2, 0.25) is 0 Å². The lowest BCUT2D eigenvalue weighted by molar-refractivity contribution is -0.142. The molecule has 5 nitrogen and oxygen atoms in total. The van der Waals surface area contributed by atoms with Crippen molar-refractivity contribution in [2.75, 3.05) is 6.54 Å². The molecule has 2 N–H and O–H groups in total. The number of hydrogen-bond donors (Lipinski definition) is 2. The van der Waals surface area contributed by atoms with Crippen LogP contribution in [0.25, 0.3) is 0 Å². The topological polar surface area (TPSA) is 69.6 Å². The molecule has 0 bridgehead atoms. The van der Waals surface area contributed by atoms with E-state index in [1.165, 1.54) is 0 Å². The van der Waals surface area contributed by atoms with Crippen molar-refractivity contribution in [1.29, 1.82) is 0 Å². The van der Waals surface area contributed by atoms with E-state index in [4.69, 9.17) is 0 Å². The number of hydrogen-bond acceptors (Lipinski definition) is 2. The highest BCUT2D eigenvalue weighted by Crippen LogP contribution is 2.42. The van der Waals surface area contributed by atoms with Crippen molar-refractivity contribution in [1.82, 2.24) is 10.2 Å². The summed E-state index contributed by atoms with van der Waals surface area (Å²) in [5.74, 6) is -0.290. The fourth-order valence-electron chi connectivity index (χ4n) is 3.99. The molecule has 2 saturated carbocycles. The van der Waals surface area contributed by atoms with Crippen LogP contribution in [0.15, 0.2) is 0 Å². The number of aliphatic carboxylic acids is 1. The molecular formula is C14H22N2O3. The van der Waals surface area contributed by atoms with Gasteiger partial charge in [0.1, 0.15) is 6.04 Å². The number of urea groups is 1. The van der Waals surface area contributed by atoms with E-state index in [2.05, 4.69) is 5.32 Å². The summed E-state index contributed by atoms with van der Waals surface area (Å²) in [6.07, 6.45) is 6.25. The third-order valence-electron chi connectivity index (χ3n) is 5.27. The summed E-state index contributed by atoms with van der Waals surface area (Å²) in [4.78, 5) is 25.4. The van der Waals surface area contributed by atoms with Gasteiger partial charge in [-0.25, -0.2) is 9.59 Å². The number of rotatable bonds is 2. The molecule has 3 fully saturated rings. The number of amides is 2. The maximum absolute atomic E-state index is 12.4. The van der Waals surface area contributed by atoms with Gasteiger partial charge < -0.3 is 15.3 Å². The molecule has 1 aliphatic heterocycles. The molecule has 3 unspecified atom stereocenters. The van der Waals surface area contributed by atoms with Gasteiger partial charge in [-0.3, -0.25) is 0 Å². The Labute approximate surface area is 113 Å². The van der Waals surface area contributed by atoms with Crippen LogP contribution in [-0.2, 0) is 4.79 Å². The van der Waals surface area contributed by atoms with Crippen molar-refractivity contribution < 1.29 is 14.7 Å². The number of nitrogens with zero attached hydrogens (tertiary/aromatic N) is 1. The Morgan fingerprint density at radius 2 is 2.00 bits per heavy atom. The zero-order chi connectivity index (χ0) is 13.6. The van der Waals surface area contributed by atoms with Gasteiger partial charge in [-0.1, -0.05) is 6.42 Å². The summed E-state index contributed by atoms with van der Waals surface area (Å²) >= 11 is 0. The molecule has 106 valence electrons. The highest BCUT2D eigenvalue weighted by atomic mass is 16.4. The molecule has 0 spiro atoms. The van der Waals surface area contributed by atoms with Crippen molar-refractivity contribution in [3.05, 3.63) is 0 Å². The molecule has 3 rings (SSSR count). The van der Waals surface area contributed by atoms with E-state index in [-0.39, 0.29) is 17.5 Å². The third-order valence-corrected chi connectivity index (χ3v) is 5.27. The average Bonchev–Trinajstić information content (AvgIpc) is 2.84. The van der Waals surface area contributed by atoms with E-state index in [1.807, 2.05) is 6.92 Å². The summed E-state index contributed by atoms with van der Waals surface area (Å²) in [6.45, 7) is 2.66. The van der Waals surface area contributed by atoms with Crippen molar-refractivity contribution in [3.8, 4) is 0 Å². The summed E-state index contributed by atoms with van der Waals surface area (Å²) in [5.41, 5.74) is -0.113. The average molecular weight is 266 g/mol. The fraction of sp³-hybridized carbons (Fsp3) is 0.857. The third kappa shape index (κ3) is 2.09. The van der Waals surface area contributed by atoms with Crippen LogP contribution in [0, 0.1) is 11.8 Å². The second-order valence-electron chi connectivity index (χ2n) is 6.63. The Bertz CT molecular complexity index is 405. The van der Waals surface area contributed by atoms with Crippen LogP contribution in [-0.4, -0.2) is 40.1 Å². The molecule has 2 aliphatic carbocycles. The van der Waals surface area contributed by atoms with E-state index in [0.717, 1.165) is 38.5 Å². The van der Waals surface area contributed by atoms with Crippen LogP contribution in [0.5, 0.6) is 0 Å². The van der Waals surface area contributed by atoms with Gasteiger partial charge in [0, 0.05) is 12.1 Å². The second-order valence-corrected chi connectivity index (χ2v) is 6.63. The molecule has 3 atom stereocenters. The molecule has 3 aliphatic rings. The summed E-state index contributed by atoms with van der Waals surface area (Å²) in [7, 11) is 0. The van der Waals surface area contributed by atoms with Crippen molar-refractivity contribution in [2.45, 2.75) is 57.0 Å². The molecule has 5 heteroatoms. The summed E-state index contributed by atoms with van der Waals surface area (Å²) in [5, 5.41) is 12.5. The normalized spacial score (nSPS) is 35.6. The lowest BCUT2D eigenvalue weighted by Gasteiger charge is -2.40. The fourth-order valence-corrected chi connectivity index (χ4v) is 3.99. The summed E-state index contributed by atoms with van der Waals surface area (Å²) < 4.78 is 0. The molecule has 1 heterocycles. The van der Waals surface area contributed by atoms with E-state index < -0.39 is 12.0 Å². The minimum absolute atomic E-state index is 0.113. The molecule has 2 amide bonds. The first-order chi connectivity index (χ1) is 9.00. The Kier molecular flexibility index (Phi) is 2.95. The SMILES string of the molecule is CC1(NC(=O)N2CC3CCCC3C2C(=O)O)CCC1. The first-order valence-electron chi connectivity index (χ1n) is 7.32. The monoisotopic (exact) mass is 266 g/mol. The number of carbonyl (C=O) groups excluding carboxylic acids is 1. The maximum Gasteiger partial charge on any atom is 0.326 e. The van der Waals surface area contributed by atoms with Crippen LogP contribution < -0.4 is 5.32 Å². The highest BCUT2D eigenvalue weighted by molar-refractivity contribution is 5.84. The van der Waals surface area contributed by atoms with E-state index in [9.17, 15) is 14.7 Å². The molecule has 0 aromatic heterocycles. The van der Waals surface area contributed by atoms with Gasteiger partial charge in [0.05, 0.1) is 0 Å². The number of carboxylic acids is 1. The predicted molar refractivity (Wildman–Crippen MR) is 69.7 cm³/mol. The van der Waals surface area contributed by atoms with Gasteiger partial charge in [0.15, 0.2) is 0 Å². The molecule has 0 radical (unpaired) electrons. The number of nitrogens with one attached hydrogen (secondary N) is 1. The van der Waals surface area contributed by atoms with E-state index in [0.29, 0.717) is 12.5 Å². The van der Waals surface area contributed by atoms with Crippen LogP contribution in [0.4, 0.5) is 4.79 Å². The zero-order valence-electron chi connectivity index (χ0n) is 11.4. The minimum atomic E-state index is -0.844. The molecular weight excluding hydrogens is 244 g/mol. The standard InChI is InChI=1S/C14H22N2O3/c1-14(6-3-7-14)15-13(19)16-8-9-4-2-5-10(9)11(16)12(17)18/h9-11H,2-8H2,1H3,(H,15,19)(H,17,18). The van der Waals surface area contributed by atoms with Gasteiger partial charge in [0.25, 0.3) is 0 Å². The predicted octanol–water partition coefficient (Wildman–Crippen LogP) is 1.82. The quantitative estimate of drug-likeness (QED) is 0.801. The smallest absolute Gasteiger partial charge is 0.326 e. The minimum Gasteiger partial charge on any atom is -0.480 e. The number of carboxylic acid groups (broad SMARTS) is 1. The van der Waals surface area contributed by atoms with Crippen molar-refractivity contribution in [2.24, 2.45) is 11.8 Å². The van der Waals surface area contributed by atoms with Gasteiger partial charge >= 0.3 is 12.0 Å². The van der Waals surface area contributed by atoms with Gasteiger partial charge in [-0.05, 0) is 50.9 Å². The van der Waals surface area contributed by atoms with Gasteiger partial charge in [-0.15, -0.1) is 0 Å². The van der Waals surface area contributed by atoms with Crippen molar-refractivity contribution in [3.63, 3.8) is 0 Å². The summed E-state index contributed by atoms with van der Waals surface area (Å²) in [6, 6.07) is -0.792. The first-order valence-corrected chi connectivity index (χ1v) is 7.32. The van der Waals surface area contributed by atoms with Crippen LogP contribution in [0.1, 0.15) is 45.4 Å². The molecule has 1 saturated heterocycles.